The topological polar surface area (TPSA) is 38.4 Å². The van der Waals surface area contributed by atoms with Gasteiger partial charge in [0.2, 0.25) is 0 Å². The fourth-order valence-electron chi connectivity index (χ4n) is 1.87. The maximum absolute atomic E-state index is 5.59. The minimum Gasteiger partial charge on any atom is -0.386 e. The van der Waals surface area contributed by atoms with E-state index in [0.717, 1.165) is 12.1 Å². The van der Waals surface area contributed by atoms with Gasteiger partial charge in [-0.1, -0.05) is 44.7 Å². The molecule has 0 fully saturated rings. The molecule has 18 heavy (non-hydrogen) atoms. The number of nitrogens with zero attached hydrogens (tertiary/aromatic N) is 1. The Morgan fingerprint density at radius 3 is 2.39 bits per heavy atom. The minimum atomic E-state index is 0.277. The molecule has 100 valence electrons. The van der Waals surface area contributed by atoms with Crippen LogP contribution in [-0.2, 0) is 6.42 Å². The van der Waals surface area contributed by atoms with Crippen molar-refractivity contribution in [2.24, 2.45) is 10.7 Å². The summed E-state index contributed by atoms with van der Waals surface area (Å²) in [6.45, 7) is 2.24. The van der Waals surface area contributed by atoms with E-state index < -0.39 is 0 Å². The van der Waals surface area contributed by atoms with E-state index >= 15 is 0 Å². The minimum absolute atomic E-state index is 0.277. The molecule has 0 saturated carbocycles. The summed E-state index contributed by atoms with van der Waals surface area (Å²) in [5.41, 5.74) is 7.84. The van der Waals surface area contributed by atoms with Gasteiger partial charge in [0.1, 0.15) is 5.84 Å². The van der Waals surface area contributed by atoms with Crippen LogP contribution in [0.5, 0.6) is 0 Å². The Kier molecular flexibility index (Phi) is 7.51. The number of alkyl halides is 1. The van der Waals surface area contributed by atoms with Crippen LogP contribution in [-0.4, -0.2) is 11.7 Å². The third-order valence-electron chi connectivity index (χ3n) is 2.91. The maximum Gasteiger partial charge on any atom is 0.115 e. The molecule has 1 aromatic rings. The molecule has 2 N–H and O–H groups in total. The average molecular weight is 267 g/mol. The van der Waals surface area contributed by atoms with Gasteiger partial charge < -0.3 is 5.73 Å². The lowest BCUT2D eigenvalue weighted by molar-refractivity contribution is 0.632. The second kappa shape index (κ2) is 8.98. The predicted molar refractivity (Wildman–Crippen MR) is 80.9 cm³/mol. The zero-order valence-electron chi connectivity index (χ0n) is 11.2. The first kappa shape index (κ1) is 15.0. The van der Waals surface area contributed by atoms with E-state index in [1.54, 1.807) is 0 Å². The molecular weight excluding hydrogens is 244 g/mol. The highest BCUT2D eigenvalue weighted by molar-refractivity contribution is 6.28. The van der Waals surface area contributed by atoms with Crippen LogP contribution in [0.2, 0.25) is 0 Å². The van der Waals surface area contributed by atoms with Crippen molar-refractivity contribution in [1.82, 2.24) is 0 Å². The van der Waals surface area contributed by atoms with E-state index in [-0.39, 0.29) is 5.88 Å². The van der Waals surface area contributed by atoms with E-state index in [1.165, 1.54) is 37.7 Å². The molecule has 3 heteroatoms. The molecule has 0 saturated heterocycles. The summed E-state index contributed by atoms with van der Waals surface area (Å²) in [7, 11) is 0. The van der Waals surface area contributed by atoms with Gasteiger partial charge in [-0.2, -0.15) is 0 Å². The fraction of sp³-hybridized carbons (Fsp3) is 0.533. The lowest BCUT2D eigenvalue weighted by atomic mass is 10.1. The summed E-state index contributed by atoms with van der Waals surface area (Å²) < 4.78 is 0. The number of amidine groups is 1. The van der Waals surface area contributed by atoms with Crippen molar-refractivity contribution in [1.29, 1.82) is 0 Å². The molecule has 2 nitrogen and oxygen atoms in total. The molecule has 0 aliphatic carbocycles. The molecule has 0 unspecified atom stereocenters. The number of rotatable bonds is 8. The average Bonchev–Trinajstić information content (AvgIpc) is 2.40. The number of hydrogen-bond donors (Lipinski definition) is 1. The molecule has 0 aliphatic rings. The van der Waals surface area contributed by atoms with Crippen molar-refractivity contribution in [3.8, 4) is 0 Å². The first-order valence-electron chi connectivity index (χ1n) is 6.74. The van der Waals surface area contributed by atoms with Crippen molar-refractivity contribution in [3.63, 3.8) is 0 Å². The number of unbranched alkanes of at least 4 members (excludes halogenated alkanes) is 4. The molecule has 0 radical (unpaired) electrons. The molecule has 1 rings (SSSR count). The maximum atomic E-state index is 5.59. The highest BCUT2D eigenvalue weighted by atomic mass is 35.5. The van der Waals surface area contributed by atoms with Gasteiger partial charge in [-0.25, -0.2) is 4.99 Å². The van der Waals surface area contributed by atoms with E-state index in [4.69, 9.17) is 17.3 Å². The van der Waals surface area contributed by atoms with Crippen molar-refractivity contribution in [2.45, 2.75) is 45.4 Å². The van der Waals surface area contributed by atoms with Crippen LogP contribution in [0, 0.1) is 0 Å². The van der Waals surface area contributed by atoms with E-state index in [0.29, 0.717) is 5.84 Å². The zero-order valence-corrected chi connectivity index (χ0v) is 11.9. The van der Waals surface area contributed by atoms with Crippen LogP contribution in [0.25, 0.3) is 0 Å². The lowest BCUT2D eigenvalue weighted by Crippen LogP contribution is -2.12. The fourth-order valence-corrected chi connectivity index (χ4v) is 1.93. The first-order valence-corrected chi connectivity index (χ1v) is 7.27. The summed E-state index contributed by atoms with van der Waals surface area (Å²) in [5, 5.41) is 0. The standard InChI is InChI=1S/C15H23ClN2/c1-2-3-4-5-6-7-13-8-10-14(11-9-13)18-15(17)12-16/h8-11H,2-7,12H2,1H3,(H2,17,18). The number of aliphatic imine (C=N–C) groups is 1. The smallest absolute Gasteiger partial charge is 0.115 e. The molecule has 0 spiro atoms. The summed E-state index contributed by atoms with van der Waals surface area (Å²) in [4.78, 5) is 4.20. The zero-order chi connectivity index (χ0) is 13.2. The molecule has 0 heterocycles. The largest absolute Gasteiger partial charge is 0.386 e. The Labute approximate surface area is 115 Å². The lowest BCUT2D eigenvalue weighted by Gasteiger charge is -2.02. The van der Waals surface area contributed by atoms with E-state index in [1.807, 2.05) is 12.1 Å². The second-order valence-corrected chi connectivity index (χ2v) is 4.83. The van der Waals surface area contributed by atoms with Crippen molar-refractivity contribution in [2.75, 3.05) is 5.88 Å². The highest BCUT2D eigenvalue weighted by Crippen LogP contribution is 2.15. The van der Waals surface area contributed by atoms with Gasteiger partial charge in [-0.05, 0) is 30.5 Å². The molecule has 0 amide bonds. The van der Waals surface area contributed by atoms with Crippen molar-refractivity contribution in [3.05, 3.63) is 29.8 Å². The van der Waals surface area contributed by atoms with Crippen LogP contribution in [0.3, 0.4) is 0 Å². The molecule has 0 aliphatic heterocycles. The quantitative estimate of drug-likeness (QED) is 0.321. The third kappa shape index (κ3) is 6.06. The molecular formula is C15H23ClN2. The Bertz CT molecular complexity index is 357. The second-order valence-electron chi connectivity index (χ2n) is 4.57. The molecule has 1 aromatic carbocycles. The van der Waals surface area contributed by atoms with Gasteiger partial charge in [-0.3, -0.25) is 0 Å². The number of nitrogens with two attached hydrogens (primary N) is 1. The number of hydrogen-bond acceptors (Lipinski definition) is 1. The van der Waals surface area contributed by atoms with Gasteiger partial charge in [0.15, 0.2) is 0 Å². The van der Waals surface area contributed by atoms with Crippen LogP contribution in [0.4, 0.5) is 5.69 Å². The molecule has 0 bridgehead atoms. The van der Waals surface area contributed by atoms with Crippen molar-refractivity contribution < 1.29 is 0 Å². The Hall–Kier alpha value is -1.02. The van der Waals surface area contributed by atoms with Gasteiger partial charge in [-0.15, -0.1) is 11.6 Å². The van der Waals surface area contributed by atoms with Crippen molar-refractivity contribution >= 4 is 23.1 Å². The van der Waals surface area contributed by atoms with E-state index in [2.05, 4.69) is 24.0 Å². The summed E-state index contributed by atoms with van der Waals surface area (Å²) in [6.07, 6.45) is 7.75. The van der Waals surface area contributed by atoms with Gasteiger partial charge in [0, 0.05) is 0 Å². The Morgan fingerprint density at radius 2 is 1.78 bits per heavy atom. The number of halogens is 1. The van der Waals surface area contributed by atoms with Crippen LogP contribution >= 0.6 is 11.6 Å². The molecule has 0 aromatic heterocycles. The van der Waals surface area contributed by atoms with Crippen LogP contribution in [0.1, 0.15) is 44.6 Å². The Morgan fingerprint density at radius 1 is 1.11 bits per heavy atom. The summed E-state index contributed by atoms with van der Waals surface area (Å²) >= 11 is 5.59. The van der Waals surface area contributed by atoms with Crippen LogP contribution < -0.4 is 5.73 Å². The predicted octanol–water partition coefficient (Wildman–Crippen LogP) is 4.43. The first-order chi connectivity index (χ1) is 8.76. The van der Waals surface area contributed by atoms with Gasteiger partial charge >= 0.3 is 0 Å². The summed E-state index contributed by atoms with van der Waals surface area (Å²) in [5.74, 6) is 0.739. The van der Waals surface area contributed by atoms with E-state index in [9.17, 15) is 0 Å². The summed E-state index contributed by atoms with van der Waals surface area (Å²) in [6, 6.07) is 8.25. The normalized spacial score (nSPS) is 11.8. The third-order valence-corrected chi connectivity index (χ3v) is 3.19. The number of benzene rings is 1. The Balaban J connectivity index is 2.36. The SMILES string of the molecule is CCCCCCCc1ccc(N=C(N)CCl)cc1. The van der Waals surface area contributed by atoms with Gasteiger partial charge in [0.05, 0.1) is 11.6 Å². The van der Waals surface area contributed by atoms with Crippen LogP contribution in [0.15, 0.2) is 29.3 Å². The van der Waals surface area contributed by atoms with Gasteiger partial charge in [0.25, 0.3) is 0 Å². The number of aryl methyl sites for hydroxylation is 1. The highest BCUT2D eigenvalue weighted by Gasteiger charge is 1.96. The monoisotopic (exact) mass is 266 g/mol. The molecule has 0 atom stereocenters.